The molecular weight excluding hydrogens is 289 g/mol. The van der Waals surface area contributed by atoms with Crippen LogP contribution in [-0.2, 0) is 11.3 Å². The number of imidazole rings is 1. The lowest BCUT2D eigenvalue weighted by Crippen LogP contribution is -2.17. The maximum absolute atomic E-state index is 10.6. The van der Waals surface area contributed by atoms with Gasteiger partial charge in [0.25, 0.3) is 0 Å². The van der Waals surface area contributed by atoms with Gasteiger partial charge in [-0.3, -0.25) is 0 Å². The molecule has 2 rings (SSSR count). The summed E-state index contributed by atoms with van der Waals surface area (Å²) in [6.07, 6.45) is -0.809. The van der Waals surface area contributed by atoms with Crippen molar-refractivity contribution in [1.29, 1.82) is 0 Å². The molecule has 1 aromatic carbocycles. The van der Waals surface area contributed by atoms with Crippen molar-refractivity contribution in [3.63, 3.8) is 0 Å². The Kier molecular flexibility index (Phi) is 4.17. The van der Waals surface area contributed by atoms with Gasteiger partial charge in [-0.2, -0.15) is 0 Å². The second kappa shape index (κ2) is 5.67. The summed E-state index contributed by atoms with van der Waals surface area (Å²) in [5.41, 5.74) is 6.47. The summed E-state index contributed by atoms with van der Waals surface area (Å²) in [5.74, 6) is 0.679. The quantitative estimate of drug-likeness (QED) is 0.882. The standard InChI is InChI=1S/C12H13Cl2N3O2/c1-7(13)11-16-9-4-2-3-8(14)10(9)17(11)5-6-19-12(15)18/h2-4,7H,5-6H2,1H3,(H2,15,18). The number of carbonyl (C=O) groups excluding carboxylic acids is 1. The SMILES string of the molecule is CC(Cl)c1nc2cccc(Cl)c2n1CCOC(N)=O. The van der Waals surface area contributed by atoms with E-state index in [1.165, 1.54) is 0 Å². The summed E-state index contributed by atoms with van der Waals surface area (Å²) in [6.45, 7) is 2.36. The maximum Gasteiger partial charge on any atom is 0.404 e. The molecule has 1 atom stereocenters. The normalized spacial score (nSPS) is 12.6. The molecule has 0 fully saturated rings. The average Bonchev–Trinajstić information content (AvgIpc) is 2.69. The molecule has 102 valence electrons. The van der Waals surface area contributed by atoms with Crippen LogP contribution in [-0.4, -0.2) is 22.3 Å². The fraction of sp³-hybridized carbons (Fsp3) is 0.333. The number of benzene rings is 1. The van der Waals surface area contributed by atoms with E-state index in [-0.39, 0.29) is 12.0 Å². The molecule has 0 saturated heterocycles. The van der Waals surface area contributed by atoms with Crippen LogP contribution in [0.2, 0.25) is 5.02 Å². The van der Waals surface area contributed by atoms with E-state index in [1.54, 1.807) is 6.07 Å². The molecule has 0 aliphatic carbocycles. The zero-order valence-corrected chi connectivity index (χ0v) is 11.8. The summed E-state index contributed by atoms with van der Waals surface area (Å²) in [5, 5.41) is 0.296. The van der Waals surface area contributed by atoms with E-state index in [9.17, 15) is 4.79 Å². The minimum absolute atomic E-state index is 0.141. The highest BCUT2D eigenvalue weighted by Gasteiger charge is 2.16. The van der Waals surface area contributed by atoms with Gasteiger partial charge in [0, 0.05) is 0 Å². The molecule has 7 heteroatoms. The Bertz CT molecular complexity index is 610. The molecule has 1 amide bonds. The minimum Gasteiger partial charge on any atom is -0.448 e. The number of aromatic nitrogens is 2. The first-order valence-corrected chi connectivity index (χ1v) is 6.53. The Balaban J connectivity index is 2.42. The van der Waals surface area contributed by atoms with Crippen molar-refractivity contribution in [1.82, 2.24) is 9.55 Å². The van der Waals surface area contributed by atoms with Crippen molar-refractivity contribution in [3.8, 4) is 0 Å². The van der Waals surface area contributed by atoms with Crippen molar-refractivity contribution < 1.29 is 9.53 Å². The molecule has 0 radical (unpaired) electrons. The number of alkyl halides is 1. The fourth-order valence-electron chi connectivity index (χ4n) is 1.93. The molecular formula is C12H13Cl2N3O2. The van der Waals surface area contributed by atoms with Gasteiger partial charge in [0.05, 0.1) is 28.0 Å². The lowest BCUT2D eigenvalue weighted by molar-refractivity contribution is 0.152. The number of primary amides is 1. The Morgan fingerprint density at radius 2 is 2.32 bits per heavy atom. The molecule has 5 nitrogen and oxygen atoms in total. The lowest BCUT2D eigenvalue weighted by atomic mass is 10.3. The average molecular weight is 302 g/mol. The van der Waals surface area contributed by atoms with E-state index in [0.717, 1.165) is 11.0 Å². The number of rotatable bonds is 4. The summed E-state index contributed by atoms with van der Waals surface area (Å²) < 4.78 is 6.59. The topological polar surface area (TPSA) is 70.1 Å². The van der Waals surface area contributed by atoms with Gasteiger partial charge in [0.15, 0.2) is 0 Å². The summed E-state index contributed by atoms with van der Waals surface area (Å²) >= 11 is 12.3. The third-order valence-corrected chi connectivity index (χ3v) is 3.16. The number of halogens is 2. The van der Waals surface area contributed by atoms with Gasteiger partial charge in [-0.25, -0.2) is 9.78 Å². The van der Waals surface area contributed by atoms with Gasteiger partial charge in [0.1, 0.15) is 12.4 Å². The number of nitrogens with zero attached hydrogens (tertiary/aromatic N) is 2. The van der Waals surface area contributed by atoms with Crippen LogP contribution in [0.15, 0.2) is 18.2 Å². The van der Waals surface area contributed by atoms with Gasteiger partial charge >= 0.3 is 6.09 Å². The number of para-hydroxylation sites is 1. The molecule has 0 aliphatic rings. The van der Waals surface area contributed by atoms with Crippen LogP contribution in [0.25, 0.3) is 11.0 Å². The summed E-state index contributed by atoms with van der Waals surface area (Å²) in [4.78, 5) is 15.0. The molecule has 1 unspecified atom stereocenters. The van der Waals surface area contributed by atoms with Crippen LogP contribution < -0.4 is 5.73 Å². The van der Waals surface area contributed by atoms with Crippen LogP contribution in [0.1, 0.15) is 18.1 Å². The van der Waals surface area contributed by atoms with E-state index in [2.05, 4.69) is 4.98 Å². The highest BCUT2D eigenvalue weighted by Crippen LogP contribution is 2.29. The highest BCUT2D eigenvalue weighted by molar-refractivity contribution is 6.35. The lowest BCUT2D eigenvalue weighted by Gasteiger charge is -2.10. The second-order valence-corrected chi connectivity index (χ2v) is 5.07. The Labute approximate surface area is 120 Å². The van der Waals surface area contributed by atoms with Crippen molar-refractivity contribution in [2.24, 2.45) is 5.73 Å². The Morgan fingerprint density at radius 3 is 2.95 bits per heavy atom. The van der Waals surface area contributed by atoms with Crippen LogP contribution in [0.4, 0.5) is 4.79 Å². The zero-order chi connectivity index (χ0) is 14.0. The molecule has 0 saturated carbocycles. The third-order valence-electron chi connectivity index (χ3n) is 2.66. The molecule has 2 aromatic rings. The van der Waals surface area contributed by atoms with E-state index in [1.807, 2.05) is 23.6 Å². The van der Waals surface area contributed by atoms with E-state index < -0.39 is 6.09 Å². The smallest absolute Gasteiger partial charge is 0.404 e. The first-order valence-electron chi connectivity index (χ1n) is 5.71. The number of amides is 1. The predicted octanol–water partition coefficient (Wildman–Crippen LogP) is 3.08. The van der Waals surface area contributed by atoms with Gasteiger partial charge in [0.2, 0.25) is 0 Å². The van der Waals surface area contributed by atoms with Crippen LogP contribution >= 0.6 is 23.2 Å². The van der Waals surface area contributed by atoms with E-state index in [4.69, 9.17) is 33.7 Å². The summed E-state index contributed by atoms with van der Waals surface area (Å²) in [6, 6.07) is 5.46. The number of fused-ring (bicyclic) bond motifs is 1. The van der Waals surface area contributed by atoms with Gasteiger partial charge < -0.3 is 15.0 Å². The number of carbonyl (C=O) groups is 1. The fourth-order valence-corrected chi connectivity index (χ4v) is 2.37. The zero-order valence-electron chi connectivity index (χ0n) is 10.3. The molecule has 0 aliphatic heterocycles. The largest absolute Gasteiger partial charge is 0.448 e. The molecule has 1 aromatic heterocycles. The van der Waals surface area contributed by atoms with Crippen LogP contribution in [0, 0.1) is 0 Å². The first-order chi connectivity index (χ1) is 9.00. The van der Waals surface area contributed by atoms with Gasteiger partial charge in [-0.05, 0) is 19.1 Å². The number of hydrogen-bond acceptors (Lipinski definition) is 3. The van der Waals surface area contributed by atoms with E-state index >= 15 is 0 Å². The van der Waals surface area contributed by atoms with Crippen LogP contribution in [0.3, 0.4) is 0 Å². The predicted molar refractivity (Wildman–Crippen MR) is 74.5 cm³/mol. The number of ether oxygens (including phenoxy) is 1. The van der Waals surface area contributed by atoms with Crippen molar-refractivity contribution >= 4 is 40.3 Å². The minimum atomic E-state index is -0.809. The third kappa shape index (κ3) is 2.93. The maximum atomic E-state index is 10.6. The van der Waals surface area contributed by atoms with E-state index in [0.29, 0.717) is 17.4 Å². The van der Waals surface area contributed by atoms with Gasteiger partial charge in [-0.15, -0.1) is 11.6 Å². The summed E-state index contributed by atoms with van der Waals surface area (Å²) in [7, 11) is 0. The molecule has 19 heavy (non-hydrogen) atoms. The molecule has 2 N–H and O–H groups in total. The van der Waals surface area contributed by atoms with Crippen LogP contribution in [0.5, 0.6) is 0 Å². The highest BCUT2D eigenvalue weighted by atomic mass is 35.5. The second-order valence-electron chi connectivity index (χ2n) is 4.01. The van der Waals surface area contributed by atoms with Gasteiger partial charge in [-0.1, -0.05) is 17.7 Å². The molecule has 0 spiro atoms. The molecule has 0 bridgehead atoms. The molecule has 1 heterocycles. The Hall–Kier alpha value is -1.46. The van der Waals surface area contributed by atoms with Crippen molar-refractivity contribution in [2.75, 3.05) is 6.61 Å². The van der Waals surface area contributed by atoms with Crippen molar-refractivity contribution in [2.45, 2.75) is 18.8 Å². The monoisotopic (exact) mass is 301 g/mol. The first kappa shape index (κ1) is 14.0. The van der Waals surface area contributed by atoms with Crippen molar-refractivity contribution in [3.05, 3.63) is 29.0 Å². The number of hydrogen-bond donors (Lipinski definition) is 1. The Morgan fingerprint density at radius 1 is 1.58 bits per heavy atom. The number of nitrogens with two attached hydrogens (primary N) is 1.